The minimum absolute atomic E-state index is 0.119. The second kappa shape index (κ2) is 8.46. The van der Waals surface area contributed by atoms with Crippen molar-refractivity contribution in [1.29, 1.82) is 0 Å². The monoisotopic (exact) mass is 482 g/mol. The zero-order valence-electron chi connectivity index (χ0n) is 19.7. The lowest BCUT2D eigenvalue weighted by Gasteiger charge is -2.14. The minimum atomic E-state index is -0.119. The van der Waals surface area contributed by atoms with E-state index < -0.39 is 0 Å². The first-order valence-electron chi connectivity index (χ1n) is 11.8. The molecule has 0 saturated heterocycles. The molecule has 4 aromatic heterocycles. The number of pyridine rings is 2. The summed E-state index contributed by atoms with van der Waals surface area (Å²) in [6, 6.07) is 8.27. The van der Waals surface area contributed by atoms with Crippen LogP contribution >= 0.6 is 11.3 Å². The molecule has 0 spiro atoms. The number of benzene rings is 1. The van der Waals surface area contributed by atoms with E-state index in [2.05, 4.69) is 51.1 Å². The van der Waals surface area contributed by atoms with Crippen molar-refractivity contribution in [3.8, 4) is 0 Å². The molecule has 7 nitrogen and oxygen atoms in total. The average molecular weight is 483 g/mol. The largest absolute Gasteiger partial charge is 0.383 e. The van der Waals surface area contributed by atoms with Crippen LogP contribution in [0.1, 0.15) is 61.4 Å². The van der Waals surface area contributed by atoms with Gasteiger partial charge in [0.05, 0.1) is 16.9 Å². The first kappa shape index (κ1) is 21.7. The fourth-order valence-corrected chi connectivity index (χ4v) is 5.56. The standard InChI is InChI=1S/C27H26N6OS/c1-15-9-21-20(7-8-29-26(21)28)16(2)22(15)11-31-27(34)23-12-30-25(35-23)10-19-14-33-13-18(17-3-4-17)5-6-24(33)32-19/h5-9,12-14,17H,3-4,10-11H2,1-2H3,(H2,28,29)(H,31,34). The Morgan fingerprint density at radius 3 is 2.86 bits per heavy atom. The molecule has 3 N–H and O–H groups in total. The number of rotatable bonds is 6. The lowest BCUT2D eigenvalue weighted by Crippen LogP contribution is -2.23. The molecule has 35 heavy (non-hydrogen) atoms. The van der Waals surface area contributed by atoms with Gasteiger partial charge >= 0.3 is 0 Å². The average Bonchev–Trinajstić information content (AvgIpc) is 3.46. The maximum Gasteiger partial charge on any atom is 0.263 e. The predicted octanol–water partition coefficient (Wildman–Crippen LogP) is 4.94. The summed E-state index contributed by atoms with van der Waals surface area (Å²) in [5.41, 5.74) is 12.6. The number of hydrogen-bond donors (Lipinski definition) is 2. The van der Waals surface area contributed by atoms with Crippen LogP contribution < -0.4 is 11.1 Å². The van der Waals surface area contributed by atoms with E-state index in [0.717, 1.165) is 43.8 Å². The molecule has 6 rings (SSSR count). The van der Waals surface area contributed by atoms with Gasteiger partial charge in [0.25, 0.3) is 5.91 Å². The molecule has 4 heterocycles. The summed E-state index contributed by atoms with van der Waals surface area (Å²) in [6.45, 7) is 4.54. The Kier molecular flexibility index (Phi) is 5.25. The van der Waals surface area contributed by atoms with E-state index in [1.54, 1.807) is 12.4 Å². The normalized spacial score (nSPS) is 13.5. The molecule has 0 unspecified atom stereocenters. The summed E-state index contributed by atoms with van der Waals surface area (Å²) in [4.78, 5) is 26.9. The quantitative estimate of drug-likeness (QED) is 0.357. The molecule has 1 aromatic carbocycles. The highest BCUT2D eigenvalue weighted by Gasteiger charge is 2.24. The van der Waals surface area contributed by atoms with E-state index in [-0.39, 0.29) is 5.91 Å². The molecule has 5 aromatic rings. The smallest absolute Gasteiger partial charge is 0.263 e. The summed E-state index contributed by atoms with van der Waals surface area (Å²) in [6.07, 6.45) is 10.8. The van der Waals surface area contributed by atoms with Gasteiger partial charge in [-0.05, 0) is 78.4 Å². The molecule has 8 heteroatoms. The number of nitrogens with one attached hydrogen (secondary N) is 1. The number of amides is 1. The van der Waals surface area contributed by atoms with Gasteiger partial charge in [-0.15, -0.1) is 11.3 Å². The van der Waals surface area contributed by atoms with Gasteiger partial charge in [0.2, 0.25) is 0 Å². The molecule has 0 bridgehead atoms. The van der Waals surface area contributed by atoms with Gasteiger partial charge in [-0.2, -0.15) is 0 Å². The van der Waals surface area contributed by atoms with E-state index in [9.17, 15) is 4.79 Å². The highest BCUT2D eigenvalue weighted by atomic mass is 32.1. The van der Waals surface area contributed by atoms with E-state index in [1.165, 1.54) is 29.7 Å². The highest BCUT2D eigenvalue weighted by molar-refractivity contribution is 7.13. The van der Waals surface area contributed by atoms with Crippen LogP contribution in [-0.2, 0) is 13.0 Å². The SMILES string of the molecule is Cc1cc2c(N)nccc2c(C)c1CNC(=O)c1cnc(Cc2cn3cc(C4CC4)ccc3n2)s1. The number of aryl methyl sites for hydroxylation is 2. The van der Waals surface area contributed by atoms with Gasteiger partial charge < -0.3 is 15.5 Å². The molecule has 0 atom stereocenters. The van der Waals surface area contributed by atoms with Crippen molar-refractivity contribution in [1.82, 2.24) is 24.7 Å². The number of carbonyl (C=O) groups excluding carboxylic acids is 1. The Morgan fingerprint density at radius 1 is 1.17 bits per heavy atom. The summed E-state index contributed by atoms with van der Waals surface area (Å²) in [7, 11) is 0. The van der Waals surface area contributed by atoms with Gasteiger partial charge in [0.15, 0.2) is 0 Å². The van der Waals surface area contributed by atoms with E-state index in [0.29, 0.717) is 29.6 Å². The van der Waals surface area contributed by atoms with Crippen LogP contribution in [-0.4, -0.2) is 25.3 Å². The van der Waals surface area contributed by atoms with E-state index in [4.69, 9.17) is 10.7 Å². The van der Waals surface area contributed by atoms with Crippen LogP contribution in [0.25, 0.3) is 16.4 Å². The second-order valence-corrected chi connectivity index (χ2v) is 10.4. The van der Waals surface area contributed by atoms with Gasteiger partial charge in [-0.25, -0.2) is 15.0 Å². The predicted molar refractivity (Wildman–Crippen MR) is 139 cm³/mol. The topological polar surface area (TPSA) is 98.2 Å². The summed E-state index contributed by atoms with van der Waals surface area (Å²) < 4.78 is 2.10. The van der Waals surface area contributed by atoms with E-state index >= 15 is 0 Å². The zero-order chi connectivity index (χ0) is 24.1. The Labute approximate surface area is 207 Å². The molecule has 0 radical (unpaired) electrons. The number of nitrogens with zero attached hydrogens (tertiary/aromatic N) is 4. The Balaban J connectivity index is 1.15. The van der Waals surface area contributed by atoms with Crippen LogP contribution in [0.3, 0.4) is 0 Å². The number of carbonyl (C=O) groups is 1. The molecular weight excluding hydrogens is 456 g/mol. The van der Waals surface area contributed by atoms with Crippen molar-refractivity contribution in [3.05, 3.63) is 86.9 Å². The first-order chi connectivity index (χ1) is 17.0. The third-order valence-electron chi connectivity index (χ3n) is 6.82. The lowest BCUT2D eigenvalue weighted by atomic mass is 9.96. The van der Waals surface area contributed by atoms with Crippen LogP contribution in [0.5, 0.6) is 0 Å². The van der Waals surface area contributed by atoms with Crippen molar-refractivity contribution in [2.75, 3.05) is 5.73 Å². The number of hydrogen-bond acceptors (Lipinski definition) is 6. The van der Waals surface area contributed by atoms with Crippen LogP contribution in [0.15, 0.2) is 49.1 Å². The number of anilines is 1. The van der Waals surface area contributed by atoms with Crippen LogP contribution in [0, 0.1) is 13.8 Å². The number of imidazole rings is 1. The maximum absolute atomic E-state index is 12.9. The molecule has 1 saturated carbocycles. The number of thiazole rings is 1. The fraction of sp³-hybridized carbons (Fsp3) is 0.259. The zero-order valence-corrected chi connectivity index (χ0v) is 20.5. The van der Waals surface area contributed by atoms with E-state index in [1.807, 2.05) is 19.1 Å². The summed E-state index contributed by atoms with van der Waals surface area (Å²) in [5.74, 6) is 1.11. The Hall–Kier alpha value is -3.78. The third-order valence-corrected chi connectivity index (χ3v) is 7.82. The van der Waals surface area contributed by atoms with Crippen LogP contribution in [0.4, 0.5) is 5.82 Å². The highest BCUT2D eigenvalue weighted by Crippen LogP contribution is 2.40. The molecule has 176 valence electrons. The maximum atomic E-state index is 12.9. The van der Waals surface area contributed by atoms with Gasteiger partial charge in [0.1, 0.15) is 16.3 Å². The molecule has 1 fully saturated rings. The fourth-order valence-electron chi connectivity index (χ4n) is 4.71. The van der Waals surface area contributed by atoms with Gasteiger partial charge in [-0.1, -0.05) is 6.07 Å². The van der Waals surface area contributed by atoms with Crippen molar-refractivity contribution in [2.24, 2.45) is 0 Å². The Bertz CT molecular complexity index is 1600. The number of nitrogen functional groups attached to an aromatic ring is 1. The summed E-state index contributed by atoms with van der Waals surface area (Å²) in [5, 5.41) is 5.94. The molecule has 1 aliphatic carbocycles. The van der Waals surface area contributed by atoms with Crippen molar-refractivity contribution < 1.29 is 4.79 Å². The van der Waals surface area contributed by atoms with Gasteiger partial charge in [-0.3, -0.25) is 4.79 Å². The lowest BCUT2D eigenvalue weighted by molar-refractivity contribution is 0.0954. The number of nitrogens with two attached hydrogens (primary N) is 1. The molecule has 1 amide bonds. The third kappa shape index (κ3) is 4.14. The summed E-state index contributed by atoms with van der Waals surface area (Å²) >= 11 is 1.41. The van der Waals surface area contributed by atoms with Gasteiger partial charge in [0, 0.05) is 36.9 Å². The van der Waals surface area contributed by atoms with Crippen molar-refractivity contribution >= 4 is 39.5 Å². The molecule has 0 aliphatic heterocycles. The number of fused-ring (bicyclic) bond motifs is 2. The second-order valence-electron chi connectivity index (χ2n) is 9.30. The van der Waals surface area contributed by atoms with Crippen molar-refractivity contribution in [2.45, 2.75) is 45.6 Å². The molecule has 1 aliphatic rings. The number of aromatic nitrogens is 4. The van der Waals surface area contributed by atoms with Crippen molar-refractivity contribution in [3.63, 3.8) is 0 Å². The minimum Gasteiger partial charge on any atom is -0.383 e. The Morgan fingerprint density at radius 2 is 2.03 bits per heavy atom. The first-order valence-corrected chi connectivity index (χ1v) is 12.6. The molecular formula is C27H26N6OS. The van der Waals surface area contributed by atoms with Crippen LogP contribution in [0.2, 0.25) is 0 Å².